The number of urea groups is 1. The molecule has 1 unspecified atom stereocenters. The summed E-state index contributed by atoms with van der Waals surface area (Å²) in [4.78, 5) is 33.2. The highest BCUT2D eigenvalue weighted by Gasteiger charge is 2.45. The van der Waals surface area contributed by atoms with E-state index in [4.69, 9.17) is 0 Å². The first-order valence-corrected chi connectivity index (χ1v) is 10.2. The maximum Gasteiger partial charge on any atom is 0.325 e. The summed E-state index contributed by atoms with van der Waals surface area (Å²) in [5.41, 5.74) is -0.768. The zero-order valence-corrected chi connectivity index (χ0v) is 18.0. The van der Waals surface area contributed by atoms with Crippen LogP contribution in [0, 0.1) is 0 Å². The van der Waals surface area contributed by atoms with Crippen molar-refractivity contribution in [1.82, 2.24) is 20.4 Å². The van der Waals surface area contributed by atoms with Crippen LogP contribution in [0.5, 0.6) is 0 Å². The molecule has 0 aliphatic carbocycles. The lowest BCUT2D eigenvalue weighted by Gasteiger charge is -2.22. The first-order chi connectivity index (χ1) is 12.3. The van der Waals surface area contributed by atoms with Crippen LogP contribution >= 0.6 is 27.3 Å². The molecule has 1 aromatic heterocycles. The molecular formula is C17H26BrN5O2S. The smallest absolute Gasteiger partial charge is 0.325 e. The topological polar surface area (TPSA) is 77.0 Å². The second-order valence-corrected chi connectivity index (χ2v) is 9.01. The van der Waals surface area contributed by atoms with Gasteiger partial charge < -0.3 is 15.5 Å². The van der Waals surface area contributed by atoms with E-state index in [1.165, 1.54) is 9.78 Å². The Labute approximate surface area is 167 Å². The predicted octanol–water partition coefficient (Wildman–Crippen LogP) is 2.63. The second kappa shape index (κ2) is 8.85. The fourth-order valence-corrected chi connectivity index (χ4v) is 4.29. The number of guanidine groups is 1. The van der Waals surface area contributed by atoms with Gasteiger partial charge in [0.2, 0.25) is 0 Å². The van der Waals surface area contributed by atoms with Crippen LogP contribution in [0.15, 0.2) is 20.9 Å². The molecule has 1 saturated heterocycles. The number of carbonyl (C=O) groups excluding carboxylic acids is 2. The second-order valence-electron chi connectivity index (χ2n) is 6.46. The van der Waals surface area contributed by atoms with Gasteiger partial charge in [-0.25, -0.2) is 4.79 Å². The van der Waals surface area contributed by atoms with Crippen LogP contribution in [0.3, 0.4) is 0 Å². The van der Waals surface area contributed by atoms with E-state index in [0.29, 0.717) is 25.9 Å². The van der Waals surface area contributed by atoms with Crippen molar-refractivity contribution in [3.8, 4) is 0 Å². The Balaban J connectivity index is 1.79. The summed E-state index contributed by atoms with van der Waals surface area (Å²) in [5.74, 6) is 0.639. The molecule has 0 spiro atoms. The number of nitrogens with zero attached hydrogens (tertiary/aromatic N) is 3. The Morgan fingerprint density at radius 3 is 2.73 bits per heavy atom. The van der Waals surface area contributed by atoms with E-state index in [1.807, 2.05) is 24.9 Å². The van der Waals surface area contributed by atoms with Gasteiger partial charge in [0.1, 0.15) is 5.54 Å². The molecule has 1 atom stereocenters. The molecular weight excluding hydrogens is 418 g/mol. The highest BCUT2D eigenvalue weighted by molar-refractivity contribution is 9.11. The number of thiophene rings is 1. The van der Waals surface area contributed by atoms with Crippen LogP contribution < -0.4 is 10.6 Å². The van der Waals surface area contributed by atoms with Gasteiger partial charge >= 0.3 is 6.03 Å². The normalized spacial score (nSPS) is 20.5. The van der Waals surface area contributed by atoms with Gasteiger partial charge in [-0.05, 0) is 47.8 Å². The van der Waals surface area contributed by atoms with Gasteiger partial charge in [0.25, 0.3) is 5.91 Å². The summed E-state index contributed by atoms with van der Waals surface area (Å²) >= 11 is 5.17. The van der Waals surface area contributed by atoms with E-state index >= 15 is 0 Å². The number of imide groups is 1. The van der Waals surface area contributed by atoms with Crippen molar-refractivity contribution in [2.75, 3.05) is 27.2 Å². The standard InChI is InChI=1S/C17H26BrN5O2S/c1-5-17(2)14(24)23(16(25)21-17)10-6-9-20-15(19-3)22(4)11-12-7-8-13(18)26-12/h7-8H,5-6,9-11H2,1-4H3,(H,19,20)(H,21,25). The third-order valence-electron chi connectivity index (χ3n) is 4.49. The summed E-state index contributed by atoms with van der Waals surface area (Å²) < 4.78 is 1.11. The van der Waals surface area contributed by atoms with Crippen LogP contribution in [0.1, 0.15) is 31.6 Å². The molecule has 0 bridgehead atoms. The minimum absolute atomic E-state index is 0.144. The minimum Gasteiger partial charge on any atom is -0.356 e. The summed E-state index contributed by atoms with van der Waals surface area (Å²) in [6.07, 6.45) is 1.25. The molecule has 3 amide bonds. The van der Waals surface area contributed by atoms with Crippen LogP contribution in [0.2, 0.25) is 0 Å². The Bertz CT molecular complexity index is 692. The highest BCUT2D eigenvalue weighted by atomic mass is 79.9. The summed E-state index contributed by atoms with van der Waals surface area (Å²) in [6.45, 7) is 5.45. The van der Waals surface area contributed by atoms with Gasteiger partial charge in [0.05, 0.1) is 10.3 Å². The number of amides is 3. The molecule has 0 aromatic carbocycles. The van der Waals surface area contributed by atoms with E-state index < -0.39 is 5.54 Å². The third kappa shape index (κ3) is 4.76. The Morgan fingerprint density at radius 1 is 1.46 bits per heavy atom. The maximum absolute atomic E-state index is 12.4. The molecule has 7 nitrogen and oxygen atoms in total. The van der Waals surface area contributed by atoms with E-state index in [9.17, 15) is 9.59 Å². The SMILES string of the molecule is CCC1(C)NC(=O)N(CCCNC(=NC)N(C)Cc2ccc(Br)s2)C1=O. The lowest BCUT2D eigenvalue weighted by Crippen LogP contribution is -2.43. The summed E-state index contributed by atoms with van der Waals surface area (Å²) in [5, 5.41) is 6.05. The van der Waals surface area contributed by atoms with Gasteiger partial charge in [-0.2, -0.15) is 0 Å². The van der Waals surface area contributed by atoms with Gasteiger partial charge in [-0.1, -0.05) is 6.92 Å². The molecule has 9 heteroatoms. The third-order valence-corrected chi connectivity index (χ3v) is 6.10. The maximum atomic E-state index is 12.4. The zero-order chi connectivity index (χ0) is 19.3. The predicted molar refractivity (Wildman–Crippen MR) is 108 cm³/mol. The zero-order valence-electron chi connectivity index (χ0n) is 15.6. The Hall–Kier alpha value is -1.61. The molecule has 26 heavy (non-hydrogen) atoms. The molecule has 2 rings (SSSR count). The van der Waals surface area contributed by atoms with E-state index in [2.05, 4.69) is 37.6 Å². The van der Waals surface area contributed by atoms with E-state index in [1.54, 1.807) is 25.3 Å². The molecule has 1 aliphatic rings. The first-order valence-electron chi connectivity index (χ1n) is 8.61. The molecule has 0 radical (unpaired) electrons. The average molecular weight is 444 g/mol. The Morgan fingerprint density at radius 2 is 2.19 bits per heavy atom. The van der Waals surface area contributed by atoms with Crippen LogP contribution in [-0.4, -0.2) is 60.4 Å². The average Bonchev–Trinajstić information content (AvgIpc) is 3.10. The molecule has 2 heterocycles. The van der Waals surface area contributed by atoms with Gasteiger partial charge in [0.15, 0.2) is 5.96 Å². The number of halogens is 1. The van der Waals surface area contributed by atoms with Crippen molar-refractivity contribution in [3.05, 3.63) is 20.8 Å². The van der Waals surface area contributed by atoms with Crippen molar-refractivity contribution in [1.29, 1.82) is 0 Å². The lowest BCUT2D eigenvalue weighted by atomic mass is 9.99. The molecule has 2 N–H and O–H groups in total. The number of hydrogen-bond donors (Lipinski definition) is 2. The quantitative estimate of drug-likeness (QED) is 0.294. The van der Waals surface area contributed by atoms with Gasteiger partial charge in [-0.15, -0.1) is 11.3 Å². The van der Waals surface area contributed by atoms with Crippen molar-refractivity contribution >= 4 is 45.2 Å². The van der Waals surface area contributed by atoms with Crippen molar-refractivity contribution in [2.24, 2.45) is 4.99 Å². The number of hydrogen-bond acceptors (Lipinski definition) is 4. The summed E-state index contributed by atoms with van der Waals surface area (Å²) in [7, 11) is 3.72. The fraction of sp³-hybridized carbons (Fsp3) is 0.588. The number of rotatable bonds is 7. The van der Waals surface area contributed by atoms with E-state index in [-0.39, 0.29) is 11.9 Å². The van der Waals surface area contributed by atoms with Gasteiger partial charge in [-0.3, -0.25) is 14.7 Å². The highest BCUT2D eigenvalue weighted by Crippen LogP contribution is 2.23. The molecule has 0 saturated carbocycles. The largest absolute Gasteiger partial charge is 0.356 e. The first kappa shape index (κ1) is 20.7. The molecule has 1 aromatic rings. The summed E-state index contributed by atoms with van der Waals surface area (Å²) in [6, 6.07) is 3.82. The van der Waals surface area contributed by atoms with Crippen molar-refractivity contribution in [2.45, 2.75) is 38.8 Å². The number of nitrogens with one attached hydrogen (secondary N) is 2. The molecule has 144 valence electrons. The minimum atomic E-state index is -0.768. The number of aliphatic imine (C=N–C) groups is 1. The fourth-order valence-electron chi connectivity index (χ4n) is 2.76. The van der Waals surface area contributed by atoms with Gasteiger partial charge in [0, 0.05) is 32.1 Å². The van der Waals surface area contributed by atoms with E-state index in [0.717, 1.165) is 16.3 Å². The Kier molecular flexibility index (Phi) is 7.05. The molecule has 1 fully saturated rings. The monoisotopic (exact) mass is 443 g/mol. The van der Waals surface area contributed by atoms with Crippen LogP contribution in [-0.2, 0) is 11.3 Å². The van der Waals surface area contributed by atoms with Crippen molar-refractivity contribution in [3.63, 3.8) is 0 Å². The van der Waals surface area contributed by atoms with Crippen LogP contribution in [0.4, 0.5) is 4.79 Å². The van der Waals surface area contributed by atoms with Crippen LogP contribution in [0.25, 0.3) is 0 Å². The molecule has 1 aliphatic heterocycles. The van der Waals surface area contributed by atoms with Crippen molar-refractivity contribution < 1.29 is 9.59 Å². The lowest BCUT2D eigenvalue weighted by molar-refractivity contribution is -0.130. The number of carbonyl (C=O) groups is 2.